The fourth-order valence-corrected chi connectivity index (χ4v) is 7.04. The Bertz CT molecular complexity index is 701. The van der Waals surface area contributed by atoms with Gasteiger partial charge in [0.2, 0.25) is 0 Å². The molecule has 0 atom stereocenters. The highest BCUT2D eigenvalue weighted by Gasteiger charge is 2.42. The molecule has 3 aromatic rings. The highest BCUT2D eigenvalue weighted by Crippen LogP contribution is 2.55. The van der Waals surface area contributed by atoms with Crippen LogP contribution in [0.4, 0.5) is 0 Å². The van der Waals surface area contributed by atoms with Crippen LogP contribution in [0, 0.1) is 0 Å². The van der Waals surface area contributed by atoms with Crippen molar-refractivity contribution in [3.05, 3.63) is 96.6 Å². The second kappa shape index (κ2) is 8.94. The van der Waals surface area contributed by atoms with E-state index in [4.69, 9.17) is 0 Å². The molecule has 0 heterocycles. The van der Waals surface area contributed by atoms with E-state index in [0.29, 0.717) is 0 Å². The predicted molar refractivity (Wildman–Crippen MR) is 112 cm³/mol. The maximum atomic E-state index is 4.03. The Labute approximate surface area is 152 Å². The van der Waals surface area contributed by atoms with Gasteiger partial charge in [-0.15, -0.1) is 0 Å². The van der Waals surface area contributed by atoms with Crippen molar-refractivity contribution < 1.29 is 0 Å². The van der Waals surface area contributed by atoms with Crippen molar-refractivity contribution in [2.45, 2.75) is 25.9 Å². The van der Waals surface area contributed by atoms with Crippen LogP contribution < -0.4 is 15.7 Å². The average molecular weight is 348 g/mol. The molecule has 1 N–H and O–H groups in total. The fraction of sp³-hybridized carbons (Fsp3) is 0.217. The van der Waals surface area contributed by atoms with Crippen molar-refractivity contribution in [3.8, 4) is 0 Å². The second-order valence-electron chi connectivity index (χ2n) is 6.39. The summed E-state index contributed by atoms with van der Waals surface area (Å²) in [6.07, 6.45) is 3.46. The molecule has 0 radical (unpaired) electrons. The molecule has 0 aromatic heterocycles. The molecular weight excluding hydrogens is 321 g/mol. The van der Waals surface area contributed by atoms with Gasteiger partial charge in [0.1, 0.15) is 24.2 Å². The Morgan fingerprint density at radius 2 is 1.16 bits per heavy atom. The van der Waals surface area contributed by atoms with Gasteiger partial charge in [-0.1, -0.05) is 80.1 Å². The quantitative estimate of drug-likeness (QED) is 0.438. The first-order valence-corrected chi connectivity index (χ1v) is 11.1. The number of unbranched alkanes of at least 4 members (excludes halogenated alkanes) is 1. The molecule has 0 aliphatic rings. The SMILES string of the molecule is CCCCN[P+](Cc1ccccc1)(c1ccccc1)c1ccccc1. The van der Waals surface area contributed by atoms with Gasteiger partial charge in [-0.3, -0.25) is 0 Å². The first-order valence-electron chi connectivity index (χ1n) is 9.13. The molecule has 0 unspecified atom stereocenters. The average Bonchev–Trinajstić information content (AvgIpc) is 2.69. The smallest absolute Gasteiger partial charge is 0.150 e. The maximum absolute atomic E-state index is 4.03. The standard InChI is InChI=1S/C23H27NP/c1-2-3-19-24-25(22-15-9-5-10-16-22,23-17-11-6-12-18-23)20-21-13-7-4-8-14-21/h4-18,24H,2-3,19-20H2,1H3/q+1. The Morgan fingerprint density at radius 1 is 0.680 bits per heavy atom. The van der Waals surface area contributed by atoms with Crippen LogP contribution in [0.2, 0.25) is 0 Å². The summed E-state index contributed by atoms with van der Waals surface area (Å²) in [6, 6.07) is 33.0. The maximum Gasteiger partial charge on any atom is 0.150 e. The molecule has 0 aliphatic carbocycles. The summed E-state index contributed by atoms with van der Waals surface area (Å²) in [4.78, 5) is 0. The second-order valence-corrected chi connectivity index (χ2v) is 9.67. The van der Waals surface area contributed by atoms with Crippen LogP contribution >= 0.6 is 7.41 Å². The molecule has 3 aromatic carbocycles. The molecule has 1 nitrogen and oxygen atoms in total. The van der Waals surface area contributed by atoms with Gasteiger partial charge in [0.15, 0.2) is 0 Å². The number of hydrogen-bond donors (Lipinski definition) is 1. The van der Waals surface area contributed by atoms with Gasteiger partial charge < -0.3 is 0 Å². The van der Waals surface area contributed by atoms with Gasteiger partial charge in [0, 0.05) is 6.54 Å². The lowest BCUT2D eigenvalue weighted by Crippen LogP contribution is -2.35. The monoisotopic (exact) mass is 348 g/mol. The molecule has 0 bridgehead atoms. The zero-order chi connectivity index (χ0) is 17.4. The van der Waals surface area contributed by atoms with Crippen LogP contribution in [0.3, 0.4) is 0 Å². The van der Waals surface area contributed by atoms with Crippen LogP contribution in [-0.2, 0) is 6.16 Å². The van der Waals surface area contributed by atoms with Gasteiger partial charge in [0.25, 0.3) is 0 Å². The van der Waals surface area contributed by atoms with Crippen LogP contribution in [0.15, 0.2) is 91.0 Å². The van der Waals surface area contributed by atoms with E-state index in [2.05, 4.69) is 103 Å². The van der Waals surface area contributed by atoms with E-state index < -0.39 is 7.41 Å². The van der Waals surface area contributed by atoms with Gasteiger partial charge in [-0.05, 0) is 36.2 Å². The number of benzene rings is 3. The molecule has 0 saturated heterocycles. The number of hydrogen-bond acceptors (Lipinski definition) is 1. The van der Waals surface area contributed by atoms with Crippen molar-refractivity contribution in [2.24, 2.45) is 0 Å². The Hall–Kier alpha value is -1.95. The van der Waals surface area contributed by atoms with Crippen molar-refractivity contribution in [1.82, 2.24) is 5.09 Å². The van der Waals surface area contributed by atoms with Gasteiger partial charge in [-0.25, -0.2) is 0 Å². The molecule has 0 saturated carbocycles. The molecule has 128 valence electrons. The first-order chi connectivity index (χ1) is 12.3. The number of rotatable bonds is 8. The third-order valence-corrected chi connectivity index (χ3v) is 8.53. The lowest BCUT2D eigenvalue weighted by molar-refractivity contribution is 0.768. The lowest BCUT2D eigenvalue weighted by atomic mass is 10.2. The van der Waals surface area contributed by atoms with Gasteiger partial charge in [0.05, 0.1) is 0 Å². The van der Waals surface area contributed by atoms with E-state index in [1.54, 1.807) is 0 Å². The minimum atomic E-state index is -1.70. The number of nitrogens with one attached hydrogen (secondary N) is 1. The summed E-state index contributed by atoms with van der Waals surface area (Å²) in [5.74, 6) is 0. The Morgan fingerprint density at radius 3 is 1.64 bits per heavy atom. The minimum Gasteiger partial charge on any atom is -0.183 e. The van der Waals surface area contributed by atoms with E-state index in [1.807, 2.05) is 0 Å². The van der Waals surface area contributed by atoms with E-state index in [0.717, 1.165) is 12.7 Å². The molecule has 0 spiro atoms. The fourth-order valence-electron chi connectivity index (χ4n) is 3.24. The highest BCUT2D eigenvalue weighted by molar-refractivity contribution is 7.87. The van der Waals surface area contributed by atoms with Crippen molar-refractivity contribution in [2.75, 3.05) is 6.54 Å². The molecule has 0 amide bonds. The van der Waals surface area contributed by atoms with E-state index in [9.17, 15) is 0 Å². The van der Waals surface area contributed by atoms with Crippen molar-refractivity contribution in [3.63, 3.8) is 0 Å². The summed E-state index contributed by atoms with van der Waals surface area (Å²) >= 11 is 0. The molecule has 2 heteroatoms. The molecule has 0 aliphatic heterocycles. The zero-order valence-corrected chi connectivity index (χ0v) is 15.8. The Kier molecular flexibility index (Phi) is 6.39. The molecule has 25 heavy (non-hydrogen) atoms. The third kappa shape index (κ3) is 4.37. The minimum absolute atomic E-state index is 1.05. The van der Waals surface area contributed by atoms with Crippen molar-refractivity contribution in [1.29, 1.82) is 0 Å². The zero-order valence-electron chi connectivity index (χ0n) is 14.9. The predicted octanol–water partition coefficient (Wildman–Crippen LogP) is 5.16. The topological polar surface area (TPSA) is 12.0 Å². The summed E-state index contributed by atoms with van der Waals surface area (Å²) < 4.78 is 0. The molecule has 0 fully saturated rings. The summed E-state index contributed by atoms with van der Waals surface area (Å²) in [7, 11) is -1.70. The van der Waals surface area contributed by atoms with Gasteiger partial charge in [-0.2, -0.15) is 5.09 Å². The first kappa shape index (κ1) is 17.9. The van der Waals surface area contributed by atoms with E-state index in [1.165, 1.54) is 29.0 Å². The van der Waals surface area contributed by atoms with Crippen LogP contribution in [0.5, 0.6) is 0 Å². The van der Waals surface area contributed by atoms with E-state index >= 15 is 0 Å². The lowest BCUT2D eigenvalue weighted by Gasteiger charge is -2.28. The van der Waals surface area contributed by atoms with E-state index in [-0.39, 0.29) is 0 Å². The summed E-state index contributed by atoms with van der Waals surface area (Å²) in [6.45, 7) is 3.31. The van der Waals surface area contributed by atoms with Crippen LogP contribution in [-0.4, -0.2) is 6.54 Å². The largest absolute Gasteiger partial charge is 0.183 e. The van der Waals surface area contributed by atoms with Crippen molar-refractivity contribution >= 4 is 18.0 Å². The molecule has 3 rings (SSSR count). The highest BCUT2D eigenvalue weighted by atomic mass is 31.2. The Balaban J connectivity index is 2.09. The normalized spacial score (nSPS) is 11.4. The third-order valence-electron chi connectivity index (χ3n) is 4.57. The summed E-state index contributed by atoms with van der Waals surface area (Å²) in [5, 5.41) is 6.89. The summed E-state index contributed by atoms with van der Waals surface area (Å²) in [5.41, 5.74) is 1.40. The van der Waals surface area contributed by atoms with Crippen LogP contribution in [0.1, 0.15) is 25.3 Å². The van der Waals surface area contributed by atoms with Crippen LogP contribution in [0.25, 0.3) is 0 Å². The molecular formula is C23H27NP+. The van der Waals surface area contributed by atoms with Gasteiger partial charge >= 0.3 is 0 Å².